The second-order valence-electron chi connectivity index (χ2n) is 3.74. The first-order valence-electron chi connectivity index (χ1n) is 5.42. The molecule has 0 fully saturated rings. The number of benzene rings is 1. The molecule has 0 saturated heterocycles. The summed E-state index contributed by atoms with van der Waals surface area (Å²) in [5, 5.41) is 6.09. The number of hydrogen-bond acceptors (Lipinski definition) is 3. The van der Waals surface area contributed by atoms with Crippen LogP contribution in [0.5, 0.6) is 0 Å². The number of rotatable bonds is 5. The smallest absolute Gasteiger partial charge is 0.283 e. The molecule has 88 valence electrons. The van der Waals surface area contributed by atoms with Gasteiger partial charge in [-0.05, 0) is 23.9 Å². The van der Waals surface area contributed by atoms with Gasteiger partial charge in [-0.3, -0.25) is 4.79 Å². The second kappa shape index (κ2) is 7.30. The van der Waals surface area contributed by atoms with Crippen LogP contribution in [0.15, 0.2) is 35.2 Å². The predicted molar refractivity (Wildman–Crippen MR) is 68.8 cm³/mol. The van der Waals surface area contributed by atoms with E-state index in [4.69, 9.17) is 0 Å². The molecule has 1 aromatic rings. The number of nitrogens with one attached hydrogen (secondary N) is 2. The number of hydrogen-bond donors (Lipinski definition) is 2. The fourth-order valence-electron chi connectivity index (χ4n) is 1.16. The van der Waals surface area contributed by atoms with Gasteiger partial charge in [-0.1, -0.05) is 32.0 Å². The van der Waals surface area contributed by atoms with Crippen molar-refractivity contribution in [2.45, 2.75) is 24.8 Å². The molecule has 0 atom stereocenters. The maximum Gasteiger partial charge on any atom is 0.283 e. The zero-order chi connectivity index (χ0) is 11.8. The van der Waals surface area contributed by atoms with Crippen LogP contribution in [0.1, 0.15) is 13.8 Å². The summed E-state index contributed by atoms with van der Waals surface area (Å²) in [6.45, 7) is 5.64. The van der Waals surface area contributed by atoms with Crippen molar-refractivity contribution in [1.29, 1.82) is 0 Å². The van der Waals surface area contributed by atoms with Gasteiger partial charge < -0.3 is 10.6 Å². The van der Waals surface area contributed by atoms with Crippen LogP contribution in [0.2, 0.25) is 0 Å². The van der Waals surface area contributed by atoms with Gasteiger partial charge in [0.25, 0.3) is 5.24 Å². The molecule has 3 nitrogen and oxygen atoms in total. The van der Waals surface area contributed by atoms with E-state index in [9.17, 15) is 4.79 Å². The Morgan fingerprint density at radius 3 is 2.56 bits per heavy atom. The van der Waals surface area contributed by atoms with Crippen LogP contribution in [-0.2, 0) is 0 Å². The lowest BCUT2D eigenvalue weighted by Gasteiger charge is -2.08. The topological polar surface area (TPSA) is 41.1 Å². The summed E-state index contributed by atoms with van der Waals surface area (Å²) in [5.74, 6) is 0. The molecule has 2 N–H and O–H groups in total. The summed E-state index contributed by atoms with van der Waals surface area (Å²) >= 11 is 1.22. The van der Waals surface area contributed by atoms with Crippen molar-refractivity contribution in [3.63, 3.8) is 0 Å². The summed E-state index contributed by atoms with van der Waals surface area (Å²) in [4.78, 5) is 12.5. The average molecular weight is 238 g/mol. The van der Waals surface area contributed by atoms with Gasteiger partial charge in [0.05, 0.1) is 0 Å². The molecule has 1 amide bonds. The van der Waals surface area contributed by atoms with E-state index in [-0.39, 0.29) is 5.24 Å². The van der Waals surface area contributed by atoms with Crippen molar-refractivity contribution in [3.05, 3.63) is 30.3 Å². The SMILES string of the molecule is CC(C)NCCNC(=O)Sc1ccccc1. The monoisotopic (exact) mass is 238 g/mol. The summed E-state index contributed by atoms with van der Waals surface area (Å²) in [6, 6.07) is 10.1. The number of amides is 1. The molecule has 0 radical (unpaired) electrons. The molecule has 4 heteroatoms. The fraction of sp³-hybridized carbons (Fsp3) is 0.417. The maximum absolute atomic E-state index is 11.5. The third-order valence-corrected chi connectivity index (χ3v) is 2.74. The maximum atomic E-state index is 11.5. The van der Waals surface area contributed by atoms with E-state index < -0.39 is 0 Å². The first kappa shape index (κ1) is 13.1. The van der Waals surface area contributed by atoms with E-state index in [0.29, 0.717) is 12.6 Å². The quantitative estimate of drug-likeness (QED) is 0.611. The molecular weight excluding hydrogens is 220 g/mol. The lowest BCUT2D eigenvalue weighted by Crippen LogP contribution is -2.33. The van der Waals surface area contributed by atoms with E-state index in [1.54, 1.807) is 0 Å². The molecule has 0 unspecified atom stereocenters. The minimum atomic E-state index is -0.00300. The largest absolute Gasteiger partial charge is 0.345 e. The number of carbonyl (C=O) groups excluding carboxylic acids is 1. The molecule has 0 spiro atoms. The summed E-state index contributed by atoms with van der Waals surface area (Å²) in [6.07, 6.45) is 0. The summed E-state index contributed by atoms with van der Waals surface area (Å²) in [7, 11) is 0. The normalized spacial score (nSPS) is 10.4. The highest BCUT2D eigenvalue weighted by molar-refractivity contribution is 8.13. The highest BCUT2D eigenvalue weighted by Gasteiger charge is 2.02. The first-order valence-corrected chi connectivity index (χ1v) is 6.24. The molecule has 0 aliphatic rings. The van der Waals surface area contributed by atoms with E-state index in [2.05, 4.69) is 24.5 Å². The van der Waals surface area contributed by atoms with Crippen LogP contribution in [0.25, 0.3) is 0 Å². The molecule has 0 heterocycles. The molecule has 1 rings (SSSR count). The van der Waals surface area contributed by atoms with Crippen molar-refractivity contribution < 1.29 is 4.79 Å². The van der Waals surface area contributed by atoms with E-state index >= 15 is 0 Å². The Morgan fingerprint density at radius 1 is 1.25 bits per heavy atom. The van der Waals surface area contributed by atoms with Gasteiger partial charge in [0.2, 0.25) is 0 Å². The minimum Gasteiger partial charge on any atom is -0.345 e. The summed E-state index contributed by atoms with van der Waals surface area (Å²) in [5.41, 5.74) is 0. The Morgan fingerprint density at radius 2 is 1.94 bits per heavy atom. The van der Waals surface area contributed by atoms with Gasteiger partial charge in [0.15, 0.2) is 0 Å². The third-order valence-electron chi connectivity index (χ3n) is 1.90. The van der Waals surface area contributed by atoms with Crippen molar-refractivity contribution in [2.75, 3.05) is 13.1 Å². The third kappa shape index (κ3) is 5.78. The molecule has 1 aromatic carbocycles. The van der Waals surface area contributed by atoms with Gasteiger partial charge in [0.1, 0.15) is 0 Å². The summed E-state index contributed by atoms with van der Waals surface area (Å²) < 4.78 is 0. The lowest BCUT2D eigenvalue weighted by atomic mass is 10.4. The van der Waals surface area contributed by atoms with Crippen molar-refractivity contribution >= 4 is 17.0 Å². The lowest BCUT2D eigenvalue weighted by molar-refractivity contribution is 0.260. The number of carbonyl (C=O) groups is 1. The van der Waals surface area contributed by atoms with Crippen molar-refractivity contribution in [3.8, 4) is 0 Å². The Kier molecular flexibility index (Phi) is 5.96. The molecule has 0 aromatic heterocycles. The highest BCUT2D eigenvalue weighted by atomic mass is 32.2. The van der Waals surface area contributed by atoms with Gasteiger partial charge in [-0.25, -0.2) is 0 Å². The van der Waals surface area contributed by atoms with Crippen molar-refractivity contribution in [1.82, 2.24) is 10.6 Å². The average Bonchev–Trinajstić information content (AvgIpc) is 2.25. The molecule has 0 aliphatic carbocycles. The van der Waals surface area contributed by atoms with Crippen LogP contribution in [-0.4, -0.2) is 24.4 Å². The van der Waals surface area contributed by atoms with E-state index in [1.807, 2.05) is 30.3 Å². The van der Waals surface area contributed by atoms with Gasteiger partial charge in [0, 0.05) is 24.0 Å². The van der Waals surface area contributed by atoms with Crippen molar-refractivity contribution in [2.24, 2.45) is 0 Å². The second-order valence-corrected chi connectivity index (χ2v) is 4.78. The zero-order valence-corrected chi connectivity index (χ0v) is 10.5. The fourth-order valence-corrected chi connectivity index (χ4v) is 1.84. The van der Waals surface area contributed by atoms with Gasteiger partial charge in [-0.15, -0.1) is 0 Å². The minimum absolute atomic E-state index is 0.00300. The first-order chi connectivity index (χ1) is 7.68. The number of thioether (sulfide) groups is 1. The standard InChI is InChI=1S/C12H18N2OS/c1-10(2)13-8-9-14-12(15)16-11-6-4-3-5-7-11/h3-7,10,13H,8-9H2,1-2H3,(H,14,15). The van der Waals surface area contributed by atoms with Crippen LogP contribution < -0.4 is 10.6 Å². The highest BCUT2D eigenvalue weighted by Crippen LogP contribution is 2.16. The van der Waals surface area contributed by atoms with E-state index in [1.165, 1.54) is 11.8 Å². The van der Waals surface area contributed by atoms with E-state index in [0.717, 1.165) is 11.4 Å². The van der Waals surface area contributed by atoms with Crippen LogP contribution in [0, 0.1) is 0 Å². The Hall–Kier alpha value is -1.00. The zero-order valence-electron chi connectivity index (χ0n) is 9.69. The van der Waals surface area contributed by atoms with Gasteiger partial charge >= 0.3 is 0 Å². The molecular formula is C12H18N2OS. The molecule has 0 bridgehead atoms. The van der Waals surface area contributed by atoms with Crippen LogP contribution in [0.3, 0.4) is 0 Å². The Labute approximate surface area is 101 Å². The van der Waals surface area contributed by atoms with Gasteiger partial charge in [-0.2, -0.15) is 0 Å². The van der Waals surface area contributed by atoms with Crippen LogP contribution >= 0.6 is 11.8 Å². The van der Waals surface area contributed by atoms with Crippen LogP contribution in [0.4, 0.5) is 4.79 Å². The Balaban J connectivity index is 2.17. The Bertz CT molecular complexity index is 314. The molecule has 16 heavy (non-hydrogen) atoms. The molecule has 0 saturated carbocycles. The molecule has 0 aliphatic heterocycles. The predicted octanol–water partition coefficient (Wildman–Crippen LogP) is 2.49.